The molecule has 0 saturated carbocycles. The monoisotopic (exact) mass is 186 g/mol. The Hall–Kier alpha value is -1.68. The Kier molecular flexibility index (Phi) is 4.37. The zero-order valence-electron chi connectivity index (χ0n) is 8.58. The quantitative estimate of drug-likeness (QED) is 0.509. The molecule has 0 bridgehead atoms. The summed E-state index contributed by atoms with van der Waals surface area (Å²) in [4.78, 5) is 0. The molecule has 0 aromatic heterocycles. The van der Waals surface area contributed by atoms with E-state index in [0.29, 0.717) is 6.61 Å². The molecule has 1 rings (SSSR count). The number of hydrogen-bond acceptors (Lipinski definition) is 1. The van der Waals surface area contributed by atoms with Gasteiger partial charge in [-0.05, 0) is 26.0 Å². The average molecular weight is 186 g/mol. The van der Waals surface area contributed by atoms with Crippen molar-refractivity contribution in [1.82, 2.24) is 0 Å². The van der Waals surface area contributed by atoms with E-state index in [2.05, 4.69) is 11.8 Å². The number of hydrogen-bond donors (Lipinski definition) is 0. The lowest BCUT2D eigenvalue weighted by Gasteiger charge is -1.92. The molecule has 1 nitrogen and oxygen atoms in total. The van der Waals surface area contributed by atoms with Gasteiger partial charge in [0.05, 0.1) is 12.9 Å². The first-order valence-corrected chi connectivity index (χ1v) is 4.68. The van der Waals surface area contributed by atoms with Crippen LogP contribution in [-0.4, -0.2) is 6.61 Å². The van der Waals surface area contributed by atoms with Gasteiger partial charge in [-0.1, -0.05) is 30.0 Å². The van der Waals surface area contributed by atoms with E-state index >= 15 is 0 Å². The molecule has 0 radical (unpaired) electrons. The van der Waals surface area contributed by atoms with Crippen molar-refractivity contribution in [3.05, 3.63) is 47.7 Å². The first-order valence-electron chi connectivity index (χ1n) is 4.68. The van der Waals surface area contributed by atoms with Crippen molar-refractivity contribution in [2.45, 2.75) is 13.8 Å². The Bertz CT molecular complexity index is 352. The summed E-state index contributed by atoms with van der Waals surface area (Å²) in [5, 5.41) is 0. The van der Waals surface area contributed by atoms with Crippen molar-refractivity contribution < 1.29 is 4.74 Å². The van der Waals surface area contributed by atoms with Crippen LogP contribution < -0.4 is 0 Å². The van der Waals surface area contributed by atoms with E-state index in [4.69, 9.17) is 4.74 Å². The van der Waals surface area contributed by atoms with E-state index < -0.39 is 0 Å². The summed E-state index contributed by atoms with van der Waals surface area (Å²) in [6, 6.07) is 9.91. The van der Waals surface area contributed by atoms with Crippen LogP contribution in [0, 0.1) is 11.8 Å². The van der Waals surface area contributed by atoms with Crippen LogP contribution >= 0.6 is 0 Å². The molecule has 72 valence electrons. The molecule has 0 heterocycles. The second-order valence-corrected chi connectivity index (χ2v) is 2.87. The Balaban J connectivity index is 2.64. The lowest BCUT2D eigenvalue weighted by molar-refractivity contribution is 0.267. The van der Waals surface area contributed by atoms with E-state index in [9.17, 15) is 0 Å². The number of ether oxygens (including phenoxy) is 1. The van der Waals surface area contributed by atoms with Crippen molar-refractivity contribution in [2.24, 2.45) is 0 Å². The third-order valence-corrected chi connectivity index (χ3v) is 1.60. The van der Waals surface area contributed by atoms with Crippen LogP contribution in [0.1, 0.15) is 19.4 Å². The molecule has 0 unspecified atom stereocenters. The summed E-state index contributed by atoms with van der Waals surface area (Å²) in [5.41, 5.74) is 1.97. The van der Waals surface area contributed by atoms with Gasteiger partial charge < -0.3 is 4.74 Å². The maximum absolute atomic E-state index is 5.12. The topological polar surface area (TPSA) is 9.23 Å². The SMILES string of the molecule is CCO/C=C(\C)C#Cc1ccccc1. The molecular formula is C13H14O. The van der Waals surface area contributed by atoms with Crippen LogP contribution in [0.25, 0.3) is 0 Å². The third kappa shape index (κ3) is 3.82. The Morgan fingerprint density at radius 3 is 2.71 bits per heavy atom. The molecule has 0 aliphatic rings. The summed E-state index contributed by atoms with van der Waals surface area (Å²) in [7, 11) is 0. The fraction of sp³-hybridized carbons (Fsp3) is 0.231. The highest BCUT2D eigenvalue weighted by Crippen LogP contribution is 1.97. The molecule has 1 heteroatoms. The van der Waals surface area contributed by atoms with Gasteiger partial charge in [-0.2, -0.15) is 0 Å². The Morgan fingerprint density at radius 2 is 2.07 bits per heavy atom. The van der Waals surface area contributed by atoms with Gasteiger partial charge in [0.15, 0.2) is 0 Å². The number of allylic oxidation sites excluding steroid dienone is 1. The first kappa shape index (κ1) is 10.4. The van der Waals surface area contributed by atoms with Gasteiger partial charge in [0.25, 0.3) is 0 Å². The average Bonchev–Trinajstić information content (AvgIpc) is 2.25. The minimum Gasteiger partial charge on any atom is -0.501 e. The van der Waals surface area contributed by atoms with Gasteiger partial charge in [-0.15, -0.1) is 0 Å². The summed E-state index contributed by atoms with van der Waals surface area (Å²) in [6.45, 7) is 4.57. The number of benzene rings is 1. The van der Waals surface area contributed by atoms with Gasteiger partial charge >= 0.3 is 0 Å². The summed E-state index contributed by atoms with van der Waals surface area (Å²) >= 11 is 0. The van der Waals surface area contributed by atoms with Crippen LogP contribution in [0.5, 0.6) is 0 Å². The largest absolute Gasteiger partial charge is 0.501 e. The molecule has 0 N–H and O–H groups in total. The van der Waals surface area contributed by atoms with E-state index in [0.717, 1.165) is 11.1 Å². The molecule has 0 fully saturated rings. The van der Waals surface area contributed by atoms with Gasteiger partial charge in [0.2, 0.25) is 0 Å². The van der Waals surface area contributed by atoms with Crippen molar-refractivity contribution >= 4 is 0 Å². The Morgan fingerprint density at radius 1 is 1.36 bits per heavy atom. The normalized spacial score (nSPS) is 10.3. The van der Waals surface area contributed by atoms with Crippen LogP contribution in [0.3, 0.4) is 0 Å². The maximum atomic E-state index is 5.12. The van der Waals surface area contributed by atoms with Crippen molar-refractivity contribution in [1.29, 1.82) is 0 Å². The molecular weight excluding hydrogens is 172 g/mol. The molecule has 14 heavy (non-hydrogen) atoms. The number of rotatable bonds is 2. The highest BCUT2D eigenvalue weighted by Gasteiger charge is 1.83. The predicted octanol–water partition coefficient (Wildman–Crippen LogP) is 2.98. The smallest absolute Gasteiger partial charge is 0.0941 e. The van der Waals surface area contributed by atoms with Gasteiger partial charge in [-0.25, -0.2) is 0 Å². The standard InChI is InChI=1S/C13H14O/c1-3-14-11-12(2)9-10-13-7-5-4-6-8-13/h4-8,11H,3H2,1-2H3/b12-11+. The second kappa shape index (κ2) is 5.88. The first-order chi connectivity index (χ1) is 6.83. The fourth-order valence-electron chi connectivity index (χ4n) is 0.930. The third-order valence-electron chi connectivity index (χ3n) is 1.60. The van der Waals surface area contributed by atoms with Crippen molar-refractivity contribution in [2.75, 3.05) is 6.61 Å². The Labute approximate surface area is 85.4 Å². The molecule has 0 atom stereocenters. The molecule has 0 amide bonds. The molecule has 0 aliphatic carbocycles. The van der Waals surface area contributed by atoms with E-state index in [1.54, 1.807) is 6.26 Å². The van der Waals surface area contributed by atoms with Crippen LogP contribution in [0.4, 0.5) is 0 Å². The van der Waals surface area contributed by atoms with Crippen molar-refractivity contribution in [3.8, 4) is 11.8 Å². The molecule has 0 spiro atoms. The minimum atomic E-state index is 0.685. The predicted molar refractivity (Wildman–Crippen MR) is 58.7 cm³/mol. The molecule has 1 aromatic rings. The van der Waals surface area contributed by atoms with E-state index in [-0.39, 0.29) is 0 Å². The van der Waals surface area contributed by atoms with Crippen molar-refractivity contribution in [3.63, 3.8) is 0 Å². The minimum absolute atomic E-state index is 0.685. The maximum Gasteiger partial charge on any atom is 0.0941 e. The lowest BCUT2D eigenvalue weighted by atomic mass is 10.2. The zero-order chi connectivity index (χ0) is 10.2. The summed E-state index contributed by atoms with van der Waals surface area (Å²) < 4.78 is 5.12. The van der Waals surface area contributed by atoms with Crippen LogP contribution in [0.2, 0.25) is 0 Å². The van der Waals surface area contributed by atoms with E-state index in [1.165, 1.54) is 0 Å². The lowest BCUT2D eigenvalue weighted by Crippen LogP contribution is -1.80. The molecule has 1 aromatic carbocycles. The van der Waals surface area contributed by atoms with E-state index in [1.807, 2.05) is 44.2 Å². The molecule has 0 saturated heterocycles. The van der Waals surface area contributed by atoms with Crippen LogP contribution in [-0.2, 0) is 4.74 Å². The second-order valence-electron chi connectivity index (χ2n) is 2.87. The highest BCUT2D eigenvalue weighted by molar-refractivity contribution is 5.39. The van der Waals surface area contributed by atoms with Crippen LogP contribution in [0.15, 0.2) is 42.2 Å². The summed E-state index contributed by atoms with van der Waals surface area (Å²) in [6.07, 6.45) is 1.69. The summed E-state index contributed by atoms with van der Waals surface area (Å²) in [5.74, 6) is 6.07. The highest BCUT2D eigenvalue weighted by atomic mass is 16.5. The van der Waals surface area contributed by atoms with Gasteiger partial charge in [-0.3, -0.25) is 0 Å². The zero-order valence-corrected chi connectivity index (χ0v) is 8.58. The fourth-order valence-corrected chi connectivity index (χ4v) is 0.930. The van der Waals surface area contributed by atoms with Gasteiger partial charge in [0, 0.05) is 11.1 Å². The molecule has 0 aliphatic heterocycles. The van der Waals surface area contributed by atoms with Gasteiger partial charge in [0.1, 0.15) is 0 Å².